The molecule has 1 aromatic rings. The van der Waals surface area contributed by atoms with Gasteiger partial charge in [-0.1, -0.05) is 57.4 Å². The zero-order valence-corrected chi connectivity index (χ0v) is 14.4. The lowest BCUT2D eigenvalue weighted by Crippen LogP contribution is -2.11. The summed E-state index contributed by atoms with van der Waals surface area (Å²) in [6, 6.07) is 8.24. The van der Waals surface area contributed by atoms with E-state index in [0.29, 0.717) is 5.92 Å². The minimum absolute atomic E-state index is 0.228. The van der Waals surface area contributed by atoms with Gasteiger partial charge in [0, 0.05) is 0 Å². The molecule has 0 amide bonds. The molecule has 0 bridgehead atoms. The molecule has 0 saturated heterocycles. The summed E-state index contributed by atoms with van der Waals surface area (Å²) in [4.78, 5) is 0. The van der Waals surface area contributed by atoms with Crippen molar-refractivity contribution in [2.75, 3.05) is 6.61 Å². The van der Waals surface area contributed by atoms with Crippen molar-refractivity contribution in [3.8, 4) is 5.75 Å². The van der Waals surface area contributed by atoms with Crippen molar-refractivity contribution in [1.82, 2.24) is 0 Å². The van der Waals surface area contributed by atoms with Crippen molar-refractivity contribution < 1.29 is 9.84 Å². The normalized spacial score (nSPS) is 14.2. The summed E-state index contributed by atoms with van der Waals surface area (Å²) in [5, 5.41) is 9.25. The van der Waals surface area contributed by atoms with Crippen molar-refractivity contribution in [2.24, 2.45) is 5.92 Å². The number of aliphatic hydroxyl groups is 1. The highest BCUT2D eigenvalue weighted by molar-refractivity contribution is 5.51. The predicted molar refractivity (Wildman–Crippen MR) is 95.2 cm³/mol. The summed E-state index contributed by atoms with van der Waals surface area (Å²) in [6.45, 7) is 7.11. The third-order valence-electron chi connectivity index (χ3n) is 3.95. The number of ether oxygens (including phenoxy) is 1. The molecule has 1 N–H and O–H groups in total. The lowest BCUT2D eigenvalue weighted by molar-refractivity contribution is 0.186. The Hall–Kier alpha value is -1.28. The number of hydrogen-bond donors (Lipinski definition) is 1. The van der Waals surface area contributed by atoms with E-state index in [-0.39, 0.29) is 6.10 Å². The molecule has 0 spiro atoms. The summed E-state index contributed by atoms with van der Waals surface area (Å²) in [5.41, 5.74) is 1.16. The van der Waals surface area contributed by atoms with E-state index in [4.69, 9.17) is 4.74 Å². The Labute approximate surface area is 136 Å². The summed E-state index contributed by atoms with van der Waals surface area (Å²) >= 11 is 0. The summed E-state index contributed by atoms with van der Waals surface area (Å²) < 4.78 is 5.97. The van der Waals surface area contributed by atoms with Crippen molar-refractivity contribution in [3.05, 3.63) is 35.9 Å². The largest absolute Gasteiger partial charge is 0.493 e. The minimum Gasteiger partial charge on any atom is -0.493 e. The van der Waals surface area contributed by atoms with E-state index in [1.807, 2.05) is 19.1 Å². The molecule has 0 aliphatic rings. The van der Waals surface area contributed by atoms with E-state index in [1.165, 1.54) is 25.7 Å². The monoisotopic (exact) mass is 304 g/mol. The van der Waals surface area contributed by atoms with Crippen LogP contribution >= 0.6 is 0 Å². The first-order chi connectivity index (χ1) is 10.7. The second-order valence-corrected chi connectivity index (χ2v) is 6.13. The smallest absolute Gasteiger partial charge is 0.119 e. The van der Waals surface area contributed by atoms with Crippen molar-refractivity contribution in [1.29, 1.82) is 0 Å². The van der Waals surface area contributed by atoms with Gasteiger partial charge in [0.25, 0.3) is 0 Å². The topological polar surface area (TPSA) is 29.5 Å². The van der Waals surface area contributed by atoms with Crippen LogP contribution in [-0.4, -0.2) is 17.8 Å². The van der Waals surface area contributed by atoms with Crippen LogP contribution in [0.2, 0.25) is 0 Å². The molecule has 124 valence electrons. The van der Waals surface area contributed by atoms with Crippen LogP contribution in [0.3, 0.4) is 0 Å². The van der Waals surface area contributed by atoms with Gasteiger partial charge in [-0.05, 0) is 49.8 Å². The fraction of sp³-hybridized carbons (Fsp3) is 0.600. The number of allylic oxidation sites excluding steroid dienone is 1. The van der Waals surface area contributed by atoms with Gasteiger partial charge >= 0.3 is 0 Å². The van der Waals surface area contributed by atoms with Gasteiger partial charge in [0.1, 0.15) is 5.75 Å². The molecule has 2 atom stereocenters. The van der Waals surface area contributed by atoms with Crippen LogP contribution in [-0.2, 0) is 0 Å². The quantitative estimate of drug-likeness (QED) is 0.588. The molecule has 22 heavy (non-hydrogen) atoms. The third-order valence-corrected chi connectivity index (χ3v) is 3.95. The van der Waals surface area contributed by atoms with Crippen LogP contribution < -0.4 is 4.74 Å². The standard InChI is InChI=1S/C20H32O2/c1-4-6-11-18(5-2)16-22-20-14-9-13-19(15-20)12-8-7-10-17(3)21/h8-9,12-15,17-18,21H,4-7,10-11,16H2,1-3H3. The average molecular weight is 304 g/mol. The highest BCUT2D eigenvalue weighted by atomic mass is 16.5. The number of rotatable bonds is 11. The van der Waals surface area contributed by atoms with Crippen LogP contribution in [0.25, 0.3) is 6.08 Å². The van der Waals surface area contributed by atoms with Gasteiger partial charge in [0.2, 0.25) is 0 Å². The van der Waals surface area contributed by atoms with Crippen LogP contribution in [0.15, 0.2) is 30.3 Å². The fourth-order valence-corrected chi connectivity index (χ4v) is 2.38. The van der Waals surface area contributed by atoms with Gasteiger partial charge in [0.15, 0.2) is 0 Å². The number of aliphatic hydroxyl groups excluding tert-OH is 1. The Balaban J connectivity index is 2.46. The molecule has 0 radical (unpaired) electrons. The molecule has 0 aromatic heterocycles. The lowest BCUT2D eigenvalue weighted by atomic mass is 10.0. The first-order valence-electron chi connectivity index (χ1n) is 8.73. The maximum absolute atomic E-state index is 9.25. The third kappa shape index (κ3) is 8.23. The highest BCUT2D eigenvalue weighted by Gasteiger charge is 2.06. The molecule has 0 fully saturated rings. The highest BCUT2D eigenvalue weighted by Crippen LogP contribution is 2.18. The van der Waals surface area contributed by atoms with Gasteiger partial charge < -0.3 is 9.84 Å². The zero-order chi connectivity index (χ0) is 16.2. The van der Waals surface area contributed by atoms with E-state index in [1.54, 1.807) is 0 Å². The van der Waals surface area contributed by atoms with E-state index in [2.05, 4.69) is 38.1 Å². The summed E-state index contributed by atoms with van der Waals surface area (Å²) in [6.07, 6.45) is 10.7. The second kappa shape index (κ2) is 11.3. The predicted octanol–water partition coefficient (Wildman–Crippen LogP) is 5.46. The van der Waals surface area contributed by atoms with Gasteiger partial charge in [-0.2, -0.15) is 0 Å². The molecule has 0 heterocycles. The Bertz CT molecular complexity index is 423. The number of hydrogen-bond acceptors (Lipinski definition) is 2. The molecule has 0 aliphatic heterocycles. The van der Waals surface area contributed by atoms with Crippen molar-refractivity contribution in [3.63, 3.8) is 0 Å². The Morgan fingerprint density at radius 3 is 2.73 bits per heavy atom. The van der Waals surface area contributed by atoms with Crippen LogP contribution in [0.5, 0.6) is 5.75 Å². The van der Waals surface area contributed by atoms with E-state index < -0.39 is 0 Å². The van der Waals surface area contributed by atoms with E-state index in [9.17, 15) is 5.11 Å². The van der Waals surface area contributed by atoms with Crippen LogP contribution in [0, 0.1) is 5.92 Å². The first-order valence-corrected chi connectivity index (χ1v) is 8.73. The van der Waals surface area contributed by atoms with Crippen molar-refractivity contribution in [2.45, 2.75) is 65.4 Å². The van der Waals surface area contributed by atoms with Gasteiger partial charge in [0.05, 0.1) is 12.7 Å². The molecular weight excluding hydrogens is 272 g/mol. The lowest BCUT2D eigenvalue weighted by Gasteiger charge is -2.15. The van der Waals surface area contributed by atoms with Crippen LogP contribution in [0.4, 0.5) is 0 Å². The van der Waals surface area contributed by atoms with Gasteiger partial charge in [-0.25, -0.2) is 0 Å². The molecule has 2 nitrogen and oxygen atoms in total. The van der Waals surface area contributed by atoms with Crippen LogP contribution in [0.1, 0.15) is 64.9 Å². The molecule has 1 aromatic carbocycles. The molecule has 2 heteroatoms. The first kappa shape index (κ1) is 18.8. The fourth-order valence-electron chi connectivity index (χ4n) is 2.38. The Morgan fingerprint density at radius 1 is 1.23 bits per heavy atom. The SMILES string of the molecule is CCCCC(CC)COc1cccc(C=CCCC(C)O)c1. The summed E-state index contributed by atoms with van der Waals surface area (Å²) in [5.74, 6) is 1.61. The molecule has 2 unspecified atom stereocenters. The summed E-state index contributed by atoms with van der Waals surface area (Å²) in [7, 11) is 0. The Kier molecular flexibility index (Phi) is 9.65. The van der Waals surface area contributed by atoms with Gasteiger partial charge in [-0.3, -0.25) is 0 Å². The zero-order valence-electron chi connectivity index (χ0n) is 14.4. The molecule has 1 rings (SSSR count). The van der Waals surface area contributed by atoms with E-state index in [0.717, 1.165) is 30.8 Å². The second-order valence-electron chi connectivity index (χ2n) is 6.13. The van der Waals surface area contributed by atoms with E-state index >= 15 is 0 Å². The molecule has 0 saturated carbocycles. The maximum Gasteiger partial charge on any atom is 0.119 e. The molecular formula is C20H32O2. The van der Waals surface area contributed by atoms with Crippen molar-refractivity contribution >= 4 is 6.08 Å². The number of benzene rings is 1. The maximum atomic E-state index is 9.25. The Morgan fingerprint density at radius 2 is 2.05 bits per heavy atom. The number of unbranched alkanes of at least 4 members (excludes halogenated alkanes) is 1. The molecule has 0 aliphatic carbocycles. The minimum atomic E-state index is -0.228. The average Bonchev–Trinajstić information content (AvgIpc) is 2.52. The van der Waals surface area contributed by atoms with Gasteiger partial charge in [-0.15, -0.1) is 0 Å².